The minimum Gasteiger partial charge on any atom is -0.373 e. The third-order valence-corrected chi connectivity index (χ3v) is 8.12. The minimum atomic E-state index is -3.25. The van der Waals surface area contributed by atoms with Gasteiger partial charge in [0.1, 0.15) is 4.21 Å². The molecule has 4 atom stereocenters. The van der Waals surface area contributed by atoms with E-state index < -0.39 is 15.1 Å². The van der Waals surface area contributed by atoms with Crippen molar-refractivity contribution in [3.05, 3.63) is 29.7 Å². The summed E-state index contributed by atoms with van der Waals surface area (Å²) < 4.78 is 30.5. The van der Waals surface area contributed by atoms with Crippen molar-refractivity contribution in [3.8, 4) is 0 Å². The van der Waals surface area contributed by atoms with Gasteiger partial charge in [0.05, 0.1) is 23.3 Å². The van der Waals surface area contributed by atoms with Crippen molar-refractivity contribution in [1.82, 2.24) is 5.32 Å². The molecule has 1 aromatic rings. The van der Waals surface area contributed by atoms with E-state index in [-0.39, 0.29) is 24.0 Å². The maximum absolute atomic E-state index is 12.5. The van der Waals surface area contributed by atoms with E-state index in [2.05, 4.69) is 11.9 Å². The molecule has 1 saturated heterocycles. The molecule has 7 heteroatoms. The number of amides is 1. The van der Waals surface area contributed by atoms with Gasteiger partial charge in [0.2, 0.25) is 5.91 Å². The summed E-state index contributed by atoms with van der Waals surface area (Å²) in [4.78, 5) is 12.5. The number of fused-ring (bicyclic) bond motifs is 1. The molecule has 22 heavy (non-hydrogen) atoms. The first-order valence-electron chi connectivity index (χ1n) is 7.31. The van der Waals surface area contributed by atoms with Gasteiger partial charge in [-0.05, 0) is 31.2 Å². The highest BCUT2D eigenvalue weighted by atomic mass is 32.2. The number of carbonyl (C=O) groups is 1. The van der Waals surface area contributed by atoms with Gasteiger partial charge in [-0.1, -0.05) is 6.08 Å². The van der Waals surface area contributed by atoms with Crippen molar-refractivity contribution in [2.24, 2.45) is 5.92 Å². The van der Waals surface area contributed by atoms with Crippen LogP contribution in [0.2, 0.25) is 0 Å². The highest BCUT2D eigenvalue weighted by Crippen LogP contribution is 2.39. The molecule has 0 aliphatic carbocycles. The first kappa shape index (κ1) is 15.7. The lowest BCUT2D eigenvalue weighted by molar-refractivity contribution is -0.126. The number of nitrogens with one attached hydrogen (secondary N) is 1. The van der Waals surface area contributed by atoms with Gasteiger partial charge >= 0.3 is 0 Å². The van der Waals surface area contributed by atoms with Crippen LogP contribution in [0.3, 0.4) is 0 Å². The molecule has 3 rings (SSSR count). The molecule has 0 bridgehead atoms. The second-order valence-corrected chi connectivity index (χ2v) is 9.26. The molecule has 0 spiro atoms. The van der Waals surface area contributed by atoms with Gasteiger partial charge in [-0.2, -0.15) is 0 Å². The Labute approximate surface area is 134 Å². The van der Waals surface area contributed by atoms with E-state index in [1.54, 1.807) is 24.4 Å². The molecule has 5 nitrogen and oxygen atoms in total. The summed E-state index contributed by atoms with van der Waals surface area (Å²) in [6.45, 7) is 5.94. The lowest BCUT2D eigenvalue weighted by atomic mass is 9.98. The molecule has 0 unspecified atom stereocenters. The van der Waals surface area contributed by atoms with Gasteiger partial charge in [-0.15, -0.1) is 17.9 Å². The topological polar surface area (TPSA) is 72.5 Å². The first-order valence-corrected chi connectivity index (χ1v) is 9.73. The molecule has 0 saturated carbocycles. The summed E-state index contributed by atoms with van der Waals surface area (Å²) in [5, 5.41) is 4.29. The van der Waals surface area contributed by atoms with Crippen molar-refractivity contribution in [2.75, 3.05) is 6.61 Å². The van der Waals surface area contributed by atoms with Gasteiger partial charge in [0.15, 0.2) is 9.84 Å². The van der Waals surface area contributed by atoms with Crippen LogP contribution < -0.4 is 5.32 Å². The molecule has 1 fully saturated rings. The summed E-state index contributed by atoms with van der Waals surface area (Å²) in [5.74, 6) is -0.329. The Hall–Kier alpha value is -1.18. The fraction of sp³-hybridized carbons (Fsp3) is 0.533. The maximum atomic E-state index is 12.5. The van der Waals surface area contributed by atoms with E-state index in [1.165, 1.54) is 11.3 Å². The number of hydrogen-bond acceptors (Lipinski definition) is 5. The lowest BCUT2D eigenvalue weighted by Crippen LogP contribution is -2.40. The number of rotatable bonds is 3. The molecule has 3 heterocycles. The van der Waals surface area contributed by atoms with E-state index >= 15 is 0 Å². The maximum Gasteiger partial charge on any atom is 0.226 e. The van der Waals surface area contributed by atoms with Crippen LogP contribution in [-0.4, -0.2) is 32.3 Å². The van der Waals surface area contributed by atoms with Gasteiger partial charge in [-0.3, -0.25) is 4.79 Å². The molecule has 1 aromatic heterocycles. The van der Waals surface area contributed by atoms with Gasteiger partial charge in [0, 0.05) is 12.2 Å². The average molecular weight is 341 g/mol. The molecular formula is C15H19NO4S2. The predicted molar refractivity (Wildman–Crippen MR) is 84.5 cm³/mol. The van der Waals surface area contributed by atoms with E-state index in [0.29, 0.717) is 29.2 Å². The Morgan fingerprint density at radius 3 is 3.05 bits per heavy atom. The summed E-state index contributed by atoms with van der Waals surface area (Å²) in [5.41, 5.74) is 0.713. The number of ether oxygens (including phenoxy) is 1. The van der Waals surface area contributed by atoms with E-state index in [1.807, 2.05) is 0 Å². The highest BCUT2D eigenvalue weighted by molar-refractivity contribution is 7.94. The van der Waals surface area contributed by atoms with Crippen LogP contribution in [0.4, 0.5) is 0 Å². The van der Waals surface area contributed by atoms with Crippen LogP contribution in [0.5, 0.6) is 0 Å². The molecule has 0 radical (unpaired) electrons. The van der Waals surface area contributed by atoms with Crippen molar-refractivity contribution in [1.29, 1.82) is 0 Å². The fourth-order valence-corrected chi connectivity index (χ4v) is 6.33. The Bertz CT molecular complexity index is 694. The first-order chi connectivity index (χ1) is 10.4. The van der Waals surface area contributed by atoms with Gasteiger partial charge in [-0.25, -0.2) is 8.42 Å². The minimum absolute atomic E-state index is 0.0870. The Morgan fingerprint density at radius 1 is 1.55 bits per heavy atom. The lowest BCUT2D eigenvalue weighted by Gasteiger charge is -2.29. The molecule has 120 valence electrons. The third kappa shape index (κ3) is 2.51. The summed E-state index contributed by atoms with van der Waals surface area (Å²) in [7, 11) is -3.25. The average Bonchev–Trinajstić information content (AvgIpc) is 3.13. The van der Waals surface area contributed by atoms with Crippen molar-refractivity contribution < 1.29 is 17.9 Å². The van der Waals surface area contributed by atoms with Gasteiger partial charge < -0.3 is 10.1 Å². The zero-order chi connectivity index (χ0) is 15.9. The van der Waals surface area contributed by atoms with Crippen LogP contribution >= 0.6 is 11.3 Å². The summed E-state index contributed by atoms with van der Waals surface area (Å²) in [6, 6.07) is 1.54. The van der Waals surface area contributed by atoms with E-state index in [9.17, 15) is 13.2 Å². The second-order valence-electron chi connectivity index (χ2n) is 5.78. The summed E-state index contributed by atoms with van der Waals surface area (Å²) in [6.07, 6.45) is 2.47. The van der Waals surface area contributed by atoms with Crippen LogP contribution in [0.15, 0.2) is 28.3 Å². The summed E-state index contributed by atoms with van der Waals surface area (Å²) >= 11 is 1.22. The Balaban J connectivity index is 1.82. The quantitative estimate of drug-likeness (QED) is 0.854. The highest BCUT2D eigenvalue weighted by Gasteiger charge is 2.40. The van der Waals surface area contributed by atoms with E-state index in [4.69, 9.17) is 4.74 Å². The van der Waals surface area contributed by atoms with Crippen molar-refractivity contribution in [3.63, 3.8) is 0 Å². The molecule has 2 aliphatic heterocycles. The molecule has 1 N–H and O–H groups in total. The smallest absolute Gasteiger partial charge is 0.226 e. The zero-order valence-electron chi connectivity index (χ0n) is 12.3. The molecular weight excluding hydrogens is 322 g/mol. The molecule has 1 amide bonds. The van der Waals surface area contributed by atoms with Crippen LogP contribution in [0, 0.1) is 5.92 Å². The Kier molecular flexibility index (Phi) is 4.13. The number of hydrogen-bond donors (Lipinski definition) is 1. The zero-order valence-corrected chi connectivity index (χ0v) is 14.0. The number of sulfone groups is 1. The van der Waals surface area contributed by atoms with E-state index in [0.717, 1.165) is 0 Å². The predicted octanol–water partition coefficient (Wildman–Crippen LogP) is 2.06. The molecule has 2 aliphatic rings. The standard InChI is InChI=1S/C15H19NO4S2/c1-3-13-11(4-6-20-13)14(17)16-12-8-9(2)22(18,19)15-10(12)5-7-21-15/h3,5,7,9,11-13H,1,4,6,8H2,2H3,(H,16,17)/t9-,11+,12-,13-/m0/s1. The number of carbonyl (C=O) groups excluding carboxylic acids is 1. The fourth-order valence-electron chi connectivity index (χ4n) is 3.10. The monoisotopic (exact) mass is 341 g/mol. The number of thiophene rings is 1. The van der Waals surface area contributed by atoms with Crippen LogP contribution in [-0.2, 0) is 19.4 Å². The Morgan fingerprint density at radius 2 is 2.32 bits per heavy atom. The molecule has 0 aromatic carbocycles. The third-order valence-electron chi connectivity index (χ3n) is 4.41. The van der Waals surface area contributed by atoms with Crippen LogP contribution in [0.1, 0.15) is 31.4 Å². The van der Waals surface area contributed by atoms with Crippen LogP contribution in [0.25, 0.3) is 0 Å². The SMILES string of the molecule is C=C[C@@H]1OCC[C@H]1C(=O)N[C@H]1C[C@H](C)S(=O)(=O)c2sccc21. The second kappa shape index (κ2) is 5.79. The largest absolute Gasteiger partial charge is 0.373 e. The van der Waals surface area contributed by atoms with Gasteiger partial charge in [0.25, 0.3) is 0 Å². The van der Waals surface area contributed by atoms with Crippen molar-refractivity contribution >= 4 is 27.1 Å². The normalized spacial score (nSPS) is 33.1. The van der Waals surface area contributed by atoms with Crippen molar-refractivity contribution in [2.45, 2.75) is 41.4 Å².